The number of hydrogen-bond acceptors (Lipinski definition) is 3. The Bertz CT molecular complexity index is 971. The van der Waals surface area contributed by atoms with Gasteiger partial charge >= 0.3 is 0 Å². The number of ether oxygens (including phenoxy) is 2. The average Bonchev–Trinajstić information content (AvgIpc) is 2.68. The van der Waals surface area contributed by atoms with E-state index in [0.29, 0.717) is 23.7 Å². The summed E-state index contributed by atoms with van der Waals surface area (Å²) in [7, 11) is 0. The van der Waals surface area contributed by atoms with Crippen LogP contribution < -0.4 is 9.47 Å². The molecule has 0 bridgehead atoms. The maximum absolute atomic E-state index is 13.9. The maximum atomic E-state index is 13.9. The van der Waals surface area contributed by atoms with Gasteiger partial charge in [-0.25, -0.2) is 4.39 Å². The van der Waals surface area contributed by atoms with Crippen LogP contribution >= 0.6 is 22.6 Å². The Morgan fingerprint density at radius 2 is 1.79 bits per heavy atom. The van der Waals surface area contributed by atoms with Crippen LogP contribution in [0.4, 0.5) is 10.1 Å². The first kappa shape index (κ1) is 20.3. The van der Waals surface area contributed by atoms with Gasteiger partial charge in [-0.05, 0) is 72.3 Å². The van der Waals surface area contributed by atoms with Gasteiger partial charge in [0.05, 0.1) is 15.9 Å². The van der Waals surface area contributed by atoms with Crippen LogP contribution in [0.2, 0.25) is 0 Å². The van der Waals surface area contributed by atoms with Gasteiger partial charge in [0.15, 0.2) is 11.5 Å². The van der Waals surface area contributed by atoms with E-state index in [1.165, 1.54) is 11.6 Å². The average molecular weight is 489 g/mol. The minimum Gasteiger partial charge on any atom is -0.490 e. The number of nitrogens with zero attached hydrogens (tertiary/aromatic N) is 1. The van der Waals surface area contributed by atoms with Crippen molar-refractivity contribution in [2.45, 2.75) is 20.5 Å². The molecule has 0 spiro atoms. The maximum Gasteiger partial charge on any atom is 0.175 e. The van der Waals surface area contributed by atoms with Crippen molar-refractivity contribution >= 4 is 34.5 Å². The molecule has 0 aliphatic carbocycles. The zero-order valence-electron chi connectivity index (χ0n) is 15.8. The van der Waals surface area contributed by atoms with Gasteiger partial charge in [0.1, 0.15) is 12.4 Å². The number of halogens is 2. The molecule has 0 aromatic heterocycles. The van der Waals surface area contributed by atoms with E-state index in [-0.39, 0.29) is 12.4 Å². The smallest absolute Gasteiger partial charge is 0.175 e. The van der Waals surface area contributed by atoms with E-state index in [1.807, 2.05) is 50.2 Å². The third kappa shape index (κ3) is 5.32. The molecule has 28 heavy (non-hydrogen) atoms. The fourth-order valence-electron chi connectivity index (χ4n) is 2.61. The molecule has 0 aliphatic heterocycles. The molecule has 0 saturated carbocycles. The minimum atomic E-state index is -0.280. The number of benzene rings is 3. The molecule has 3 rings (SSSR count). The van der Waals surface area contributed by atoms with Gasteiger partial charge in [0.2, 0.25) is 0 Å². The lowest BCUT2D eigenvalue weighted by molar-refractivity contribution is 0.264. The quantitative estimate of drug-likeness (QED) is 0.282. The lowest BCUT2D eigenvalue weighted by atomic mass is 10.2. The second kappa shape index (κ2) is 9.68. The van der Waals surface area contributed by atoms with E-state index in [0.717, 1.165) is 14.8 Å². The third-order valence-electron chi connectivity index (χ3n) is 4.06. The summed E-state index contributed by atoms with van der Waals surface area (Å²) in [5, 5.41) is 0. The molecular formula is C23H21FINO2. The van der Waals surface area contributed by atoms with Crippen molar-refractivity contribution in [2.24, 2.45) is 4.99 Å². The van der Waals surface area contributed by atoms with Gasteiger partial charge in [0.25, 0.3) is 0 Å². The number of aryl methyl sites for hydroxylation is 1. The summed E-state index contributed by atoms with van der Waals surface area (Å²) < 4.78 is 26.4. The second-order valence-corrected chi connectivity index (χ2v) is 7.40. The van der Waals surface area contributed by atoms with Crippen LogP contribution in [0.1, 0.15) is 23.6 Å². The van der Waals surface area contributed by atoms with Gasteiger partial charge in [-0.1, -0.05) is 35.9 Å². The molecule has 0 N–H and O–H groups in total. The molecule has 5 heteroatoms. The molecule has 0 amide bonds. The van der Waals surface area contributed by atoms with E-state index >= 15 is 0 Å². The van der Waals surface area contributed by atoms with Crippen molar-refractivity contribution < 1.29 is 13.9 Å². The standard InChI is InChI=1S/C23H21FINO2/c1-3-27-22-13-17(14-26-19-10-8-16(2)9-11-19)12-21(25)23(22)28-15-18-6-4-5-7-20(18)24/h4-14H,3,15H2,1-2H3. The summed E-state index contributed by atoms with van der Waals surface area (Å²) in [4.78, 5) is 4.52. The highest BCUT2D eigenvalue weighted by atomic mass is 127. The van der Waals surface area contributed by atoms with Gasteiger partial charge in [0, 0.05) is 11.8 Å². The van der Waals surface area contributed by atoms with Crippen LogP contribution in [-0.2, 0) is 6.61 Å². The van der Waals surface area contributed by atoms with Crippen molar-refractivity contribution in [3.8, 4) is 11.5 Å². The molecular weight excluding hydrogens is 468 g/mol. The van der Waals surface area contributed by atoms with Crippen LogP contribution in [0.25, 0.3) is 0 Å². The predicted molar refractivity (Wildman–Crippen MR) is 119 cm³/mol. The highest BCUT2D eigenvalue weighted by molar-refractivity contribution is 14.1. The molecule has 0 atom stereocenters. The molecule has 0 saturated heterocycles. The van der Waals surface area contributed by atoms with Crippen molar-refractivity contribution in [1.82, 2.24) is 0 Å². The molecule has 3 nitrogen and oxygen atoms in total. The van der Waals surface area contributed by atoms with E-state index in [9.17, 15) is 4.39 Å². The molecule has 0 unspecified atom stereocenters. The fourth-order valence-corrected chi connectivity index (χ4v) is 3.39. The van der Waals surface area contributed by atoms with Crippen molar-refractivity contribution in [3.63, 3.8) is 0 Å². The van der Waals surface area contributed by atoms with Crippen molar-refractivity contribution in [1.29, 1.82) is 0 Å². The SMILES string of the molecule is CCOc1cc(C=Nc2ccc(C)cc2)cc(I)c1OCc1ccccc1F. The molecule has 0 heterocycles. The Hall–Kier alpha value is -2.41. The van der Waals surface area contributed by atoms with Gasteiger partial charge in [-0.15, -0.1) is 0 Å². The highest BCUT2D eigenvalue weighted by Gasteiger charge is 2.13. The monoisotopic (exact) mass is 489 g/mol. The number of hydrogen-bond donors (Lipinski definition) is 0. The number of aliphatic imine (C=N–C) groups is 1. The third-order valence-corrected chi connectivity index (χ3v) is 4.86. The first-order valence-electron chi connectivity index (χ1n) is 9.00. The van der Waals surface area contributed by atoms with Crippen LogP contribution in [0, 0.1) is 16.3 Å². The Kier molecular flexibility index (Phi) is 7.03. The minimum absolute atomic E-state index is 0.138. The second-order valence-electron chi connectivity index (χ2n) is 6.24. The molecule has 3 aromatic carbocycles. The number of rotatable bonds is 7. The van der Waals surface area contributed by atoms with Gasteiger partial charge in [-0.2, -0.15) is 0 Å². The fraction of sp³-hybridized carbons (Fsp3) is 0.174. The Morgan fingerprint density at radius 3 is 2.50 bits per heavy atom. The summed E-state index contributed by atoms with van der Waals surface area (Å²) in [6, 6.07) is 18.5. The largest absolute Gasteiger partial charge is 0.490 e. The van der Waals surface area contributed by atoms with E-state index < -0.39 is 0 Å². The molecule has 0 fully saturated rings. The normalized spacial score (nSPS) is 11.0. The molecule has 3 aromatic rings. The van der Waals surface area contributed by atoms with Crippen LogP contribution in [-0.4, -0.2) is 12.8 Å². The van der Waals surface area contributed by atoms with Crippen molar-refractivity contribution in [3.05, 3.63) is 86.7 Å². The molecule has 144 valence electrons. The van der Waals surface area contributed by atoms with E-state index in [4.69, 9.17) is 9.47 Å². The van der Waals surface area contributed by atoms with Gasteiger partial charge in [-0.3, -0.25) is 4.99 Å². The summed E-state index contributed by atoms with van der Waals surface area (Å²) in [6.45, 7) is 4.61. The summed E-state index contributed by atoms with van der Waals surface area (Å²) >= 11 is 2.20. The van der Waals surface area contributed by atoms with E-state index in [2.05, 4.69) is 27.6 Å². The lowest BCUT2D eigenvalue weighted by Gasteiger charge is -2.15. The Labute approximate surface area is 178 Å². The zero-order chi connectivity index (χ0) is 19.9. The zero-order valence-corrected chi connectivity index (χ0v) is 17.9. The van der Waals surface area contributed by atoms with Crippen molar-refractivity contribution in [2.75, 3.05) is 6.61 Å². The first-order valence-corrected chi connectivity index (χ1v) is 10.1. The topological polar surface area (TPSA) is 30.8 Å². The molecule has 0 radical (unpaired) electrons. The highest BCUT2D eigenvalue weighted by Crippen LogP contribution is 2.34. The summed E-state index contributed by atoms with van der Waals surface area (Å²) in [5.41, 5.74) is 3.50. The lowest BCUT2D eigenvalue weighted by Crippen LogP contribution is -2.03. The summed E-state index contributed by atoms with van der Waals surface area (Å²) in [6.07, 6.45) is 1.80. The van der Waals surface area contributed by atoms with Gasteiger partial charge < -0.3 is 9.47 Å². The predicted octanol–water partition coefficient (Wildman–Crippen LogP) is 6.47. The molecule has 0 aliphatic rings. The first-order chi connectivity index (χ1) is 13.6. The Balaban J connectivity index is 1.83. The van der Waals surface area contributed by atoms with Crippen LogP contribution in [0.15, 0.2) is 65.7 Å². The Morgan fingerprint density at radius 1 is 1.04 bits per heavy atom. The summed E-state index contributed by atoms with van der Waals surface area (Å²) in [5.74, 6) is 0.951. The van der Waals surface area contributed by atoms with E-state index in [1.54, 1.807) is 24.4 Å². The van der Waals surface area contributed by atoms with Crippen LogP contribution in [0.3, 0.4) is 0 Å². The van der Waals surface area contributed by atoms with Crippen LogP contribution in [0.5, 0.6) is 11.5 Å².